The number of unbranched alkanes of at least 4 members (excludes halogenated alkanes) is 7. The van der Waals surface area contributed by atoms with Crippen molar-refractivity contribution in [1.82, 2.24) is 0 Å². The molecule has 0 aliphatic rings. The van der Waals surface area contributed by atoms with Gasteiger partial charge in [-0.25, -0.2) is 0 Å². The normalized spacial score (nSPS) is 12.5. The van der Waals surface area contributed by atoms with E-state index in [4.69, 9.17) is 16.3 Å². The lowest BCUT2D eigenvalue weighted by atomic mass is 10.1. The first-order valence-corrected chi connectivity index (χ1v) is 9.47. The Morgan fingerprint density at radius 3 is 2.10 bits per heavy atom. The van der Waals surface area contributed by atoms with Crippen LogP contribution in [0.5, 0.6) is 0 Å². The minimum atomic E-state index is 0.256. The van der Waals surface area contributed by atoms with Crippen LogP contribution < -0.4 is 0 Å². The summed E-state index contributed by atoms with van der Waals surface area (Å²) in [4.78, 5) is 1.23. The van der Waals surface area contributed by atoms with Crippen molar-refractivity contribution in [2.75, 3.05) is 7.11 Å². The van der Waals surface area contributed by atoms with E-state index in [0.717, 1.165) is 11.4 Å². The summed E-state index contributed by atoms with van der Waals surface area (Å²) in [5.74, 6) is 0. The molecule has 0 amide bonds. The van der Waals surface area contributed by atoms with Crippen LogP contribution in [0, 0.1) is 0 Å². The molecule has 21 heavy (non-hydrogen) atoms. The first-order valence-electron chi connectivity index (χ1n) is 8.21. The molecule has 0 radical (unpaired) electrons. The van der Waals surface area contributed by atoms with Gasteiger partial charge in [-0.2, -0.15) is 0 Å². The quantitative estimate of drug-likeness (QED) is 0.233. The Hall–Kier alpha value is -0.180. The second-order valence-corrected chi connectivity index (χ2v) is 7.17. The summed E-state index contributed by atoms with van der Waals surface area (Å²) in [6, 6.07) is 8.00. The molecule has 0 aliphatic carbocycles. The van der Waals surface area contributed by atoms with Crippen molar-refractivity contribution in [3.8, 4) is 0 Å². The van der Waals surface area contributed by atoms with E-state index in [2.05, 4.69) is 19.1 Å². The summed E-state index contributed by atoms with van der Waals surface area (Å²) in [6.07, 6.45) is 12.0. The predicted octanol–water partition coefficient (Wildman–Crippen LogP) is 6.94. The average molecular weight is 329 g/mol. The van der Waals surface area contributed by atoms with Gasteiger partial charge in [-0.05, 0) is 37.1 Å². The SMILES string of the molecule is CCCCCCCCCCC(OC)Sc1ccc(Cl)cc1. The molecule has 0 saturated carbocycles. The highest BCUT2D eigenvalue weighted by Crippen LogP contribution is 2.28. The van der Waals surface area contributed by atoms with Crippen LogP contribution >= 0.6 is 23.4 Å². The van der Waals surface area contributed by atoms with Crippen molar-refractivity contribution in [2.45, 2.75) is 75.0 Å². The molecule has 0 N–H and O–H groups in total. The maximum absolute atomic E-state index is 5.91. The zero-order valence-corrected chi connectivity index (χ0v) is 15.0. The monoisotopic (exact) mass is 328 g/mol. The number of methoxy groups -OCH3 is 1. The lowest BCUT2D eigenvalue weighted by molar-refractivity contribution is 0.163. The number of rotatable bonds is 12. The number of halogens is 1. The Balaban J connectivity index is 2.09. The fraction of sp³-hybridized carbons (Fsp3) is 0.667. The van der Waals surface area contributed by atoms with Gasteiger partial charge in [-0.1, -0.05) is 75.2 Å². The summed E-state index contributed by atoms with van der Waals surface area (Å²) in [5.41, 5.74) is 0.256. The van der Waals surface area contributed by atoms with E-state index in [9.17, 15) is 0 Å². The van der Waals surface area contributed by atoms with Crippen LogP contribution in [0.2, 0.25) is 5.02 Å². The van der Waals surface area contributed by atoms with Gasteiger partial charge in [0, 0.05) is 17.0 Å². The predicted molar refractivity (Wildman–Crippen MR) is 95.3 cm³/mol. The van der Waals surface area contributed by atoms with E-state index in [-0.39, 0.29) is 5.44 Å². The smallest absolute Gasteiger partial charge is 0.107 e. The zero-order chi connectivity index (χ0) is 15.3. The largest absolute Gasteiger partial charge is 0.370 e. The number of benzene rings is 1. The highest BCUT2D eigenvalue weighted by molar-refractivity contribution is 7.99. The van der Waals surface area contributed by atoms with Gasteiger partial charge in [0.2, 0.25) is 0 Å². The Morgan fingerprint density at radius 2 is 1.52 bits per heavy atom. The molecule has 1 aromatic carbocycles. The molecule has 120 valence electrons. The molecule has 0 bridgehead atoms. The van der Waals surface area contributed by atoms with Crippen LogP contribution in [0.4, 0.5) is 0 Å². The molecule has 0 aromatic heterocycles. The fourth-order valence-electron chi connectivity index (χ4n) is 2.33. The van der Waals surface area contributed by atoms with Crippen LogP contribution in [-0.4, -0.2) is 12.5 Å². The van der Waals surface area contributed by atoms with Crippen molar-refractivity contribution in [3.05, 3.63) is 29.3 Å². The topological polar surface area (TPSA) is 9.23 Å². The molecule has 1 rings (SSSR count). The summed E-state index contributed by atoms with van der Waals surface area (Å²) in [7, 11) is 1.80. The van der Waals surface area contributed by atoms with Gasteiger partial charge in [0.25, 0.3) is 0 Å². The highest BCUT2D eigenvalue weighted by Gasteiger charge is 2.08. The van der Waals surface area contributed by atoms with Crippen LogP contribution in [0.3, 0.4) is 0 Å². The van der Waals surface area contributed by atoms with Crippen molar-refractivity contribution in [1.29, 1.82) is 0 Å². The van der Waals surface area contributed by atoms with Crippen molar-refractivity contribution in [2.24, 2.45) is 0 Å². The van der Waals surface area contributed by atoms with Crippen LogP contribution in [0.25, 0.3) is 0 Å². The van der Waals surface area contributed by atoms with Gasteiger partial charge in [0.15, 0.2) is 0 Å². The molecular weight excluding hydrogens is 300 g/mol. The first kappa shape index (κ1) is 18.9. The first-order chi connectivity index (χ1) is 10.3. The molecule has 0 aliphatic heterocycles. The Kier molecular flexibility index (Phi) is 11.1. The maximum atomic E-state index is 5.91. The Bertz CT molecular complexity index is 353. The second kappa shape index (κ2) is 12.4. The van der Waals surface area contributed by atoms with Gasteiger partial charge in [-0.3, -0.25) is 0 Å². The molecule has 0 fully saturated rings. The number of thioether (sulfide) groups is 1. The third kappa shape index (κ3) is 9.44. The standard InChI is InChI=1S/C18H29ClOS/c1-3-4-5-6-7-8-9-10-11-18(20-2)21-17-14-12-16(19)13-15-17/h12-15,18H,3-11H2,1-2H3. The molecule has 3 heteroatoms. The highest BCUT2D eigenvalue weighted by atomic mass is 35.5. The molecule has 0 heterocycles. The third-order valence-corrected chi connectivity index (χ3v) is 5.12. The van der Waals surface area contributed by atoms with Gasteiger partial charge in [0.1, 0.15) is 5.44 Å². The van der Waals surface area contributed by atoms with Crippen LogP contribution in [0.15, 0.2) is 29.2 Å². The summed E-state index contributed by atoms with van der Waals surface area (Å²) in [5, 5.41) is 0.788. The fourth-order valence-corrected chi connectivity index (χ4v) is 3.44. The van der Waals surface area contributed by atoms with E-state index < -0.39 is 0 Å². The maximum Gasteiger partial charge on any atom is 0.107 e. The number of hydrogen-bond acceptors (Lipinski definition) is 2. The van der Waals surface area contributed by atoms with Gasteiger partial charge < -0.3 is 4.74 Å². The lowest BCUT2D eigenvalue weighted by Gasteiger charge is -2.14. The molecule has 1 nitrogen and oxygen atoms in total. The summed E-state index contributed by atoms with van der Waals surface area (Å²) < 4.78 is 5.57. The minimum absolute atomic E-state index is 0.256. The summed E-state index contributed by atoms with van der Waals surface area (Å²) in [6.45, 7) is 2.27. The van der Waals surface area contributed by atoms with E-state index in [1.54, 1.807) is 18.9 Å². The van der Waals surface area contributed by atoms with E-state index >= 15 is 0 Å². The van der Waals surface area contributed by atoms with Crippen molar-refractivity contribution in [3.63, 3.8) is 0 Å². The van der Waals surface area contributed by atoms with Crippen LogP contribution in [0.1, 0.15) is 64.7 Å². The Labute approximate surface area is 139 Å². The third-order valence-electron chi connectivity index (χ3n) is 3.64. The number of ether oxygens (including phenoxy) is 1. The lowest BCUT2D eigenvalue weighted by Crippen LogP contribution is -2.05. The molecule has 0 spiro atoms. The summed E-state index contributed by atoms with van der Waals surface area (Å²) >= 11 is 7.70. The van der Waals surface area contributed by atoms with Crippen molar-refractivity contribution >= 4 is 23.4 Å². The van der Waals surface area contributed by atoms with E-state index in [1.807, 2.05) is 12.1 Å². The molecular formula is C18H29ClOS. The van der Waals surface area contributed by atoms with E-state index in [1.165, 1.54) is 56.3 Å². The van der Waals surface area contributed by atoms with E-state index in [0.29, 0.717) is 0 Å². The zero-order valence-electron chi connectivity index (χ0n) is 13.4. The van der Waals surface area contributed by atoms with Gasteiger partial charge in [-0.15, -0.1) is 0 Å². The molecule has 0 saturated heterocycles. The van der Waals surface area contributed by atoms with Crippen LogP contribution in [-0.2, 0) is 4.74 Å². The molecule has 1 aromatic rings. The average Bonchev–Trinajstić information content (AvgIpc) is 2.50. The second-order valence-electron chi connectivity index (χ2n) is 5.50. The molecule has 1 atom stereocenters. The molecule has 1 unspecified atom stereocenters. The van der Waals surface area contributed by atoms with Crippen molar-refractivity contribution < 1.29 is 4.74 Å². The van der Waals surface area contributed by atoms with Gasteiger partial charge in [0.05, 0.1) is 0 Å². The van der Waals surface area contributed by atoms with Gasteiger partial charge >= 0.3 is 0 Å². The minimum Gasteiger partial charge on any atom is -0.370 e. The Morgan fingerprint density at radius 1 is 0.952 bits per heavy atom. The number of hydrogen-bond donors (Lipinski definition) is 0.